The average molecular weight is 463 g/mol. The zero-order valence-corrected chi connectivity index (χ0v) is 19.2. The Kier molecular flexibility index (Phi) is 4.92. The van der Waals surface area contributed by atoms with Crippen molar-refractivity contribution >= 4 is 33.5 Å². The Morgan fingerprint density at radius 3 is 2.77 bits per heavy atom. The molecule has 0 aliphatic carbocycles. The number of carbonyl (C=O) groups excluding carboxylic acids is 1. The maximum absolute atomic E-state index is 12.1. The molecule has 1 aromatic carbocycles. The Hall–Kier alpha value is -4.72. The predicted molar refractivity (Wildman–Crippen MR) is 136 cm³/mol. The number of aromatic amines is 2. The van der Waals surface area contributed by atoms with Crippen molar-refractivity contribution in [2.75, 3.05) is 5.32 Å². The van der Waals surface area contributed by atoms with E-state index in [0.29, 0.717) is 5.69 Å². The molecule has 3 N–H and O–H groups in total. The summed E-state index contributed by atoms with van der Waals surface area (Å²) < 4.78 is 5.29. The van der Waals surface area contributed by atoms with Crippen LogP contribution in [0, 0.1) is 5.92 Å². The van der Waals surface area contributed by atoms with E-state index in [-0.39, 0.29) is 11.8 Å². The van der Waals surface area contributed by atoms with Crippen LogP contribution in [0.1, 0.15) is 13.8 Å². The number of nitrogens with one attached hydrogen (secondary N) is 3. The average Bonchev–Trinajstić information content (AvgIpc) is 3.62. The number of nitrogens with zero attached hydrogens (tertiary/aromatic N) is 3. The van der Waals surface area contributed by atoms with Gasteiger partial charge in [-0.25, -0.2) is 4.98 Å². The first-order chi connectivity index (χ1) is 17.1. The number of hydrogen-bond acceptors (Lipinski definition) is 5. The minimum Gasteiger partial charge on any atom is -0.472 e. The Morgan fingerprint density at radius 2 is 1.94 bits per heavy atom. The van der Waals surface area contributed by atoms with Gasteiger partial charge < -0.3 is 14.7 Å². The highest BCUT2D eigenvalue weighted by Crippen LogP contribution is 2.34. The summed E-state index contributed by atoms with van der Waals surface area (Å²) in [5.41, 5.74) is 8.45. The van der Waals surface area contributed by atoms with Crippen LogP contribution in [0.5, 0.6) is 0 Å². The van der Waals surface area contributed by atoms with Crippen molar-refractivity contribution in [3.8, 4) is 33.8 Å². The lowest BCUT2D eigenvalue weighted by molar-refractivity contribution is -0.118. The summed E-state index contributed by atoms with van der Waals surface area (Å²) in [5, 5.41) is 11.6. The van der Waals surface area contributed by atoms with Gasteiger partial charge in [0, 0.05) is 34.1 Å². The van der Waals surface area contributed by atoms with Crippen LogP contribution in [0.2, 0.25) is 0 Å². The second-order valence-electron chi connectivity index (χ2n) is 8.73. The molecule has 0 aliphatic heterocycles. The van der Waals surface area contributed by atoms with Crippen LogP contribution in [0.4, 0.5) is 5.69 Å². The first-order valence-corrected chi connectivity index (χ1v) is 11.3. The molecular formula is C27H22N6O2. The van der Waals surface area contributed by atoms with E-state index >= 15 is 0 Å². The molecule has 5 aromatic heterocycles. The van der Waals surface area contributed by atoms with E-state index in [1.54, 1.807) is 24.9 Å². The largest absolute Gasteiger partial charge is 0.472 e. The van der Waals surface area contributed by atoms with Gasteiger partial charge in [-0.2, -0.15) is 5.10 Å². The lowest BCUT2D eigenvalue weighted by atomic mass is 10.0. The zero-order valence-electron chi connectivity index (χ0n) is 19.2. The summed E-state index contributed by atoms with van der Waals surface area (Å²) in [6, 6.07) is 15.9. The number of hydrogen-bond donors (Lipinski definition) is 3. The fourth-order valence-corrected chi connectivity index (χ4v) is 4.13. The zero-order chi connectivity index (χ0) is 23.9. The van der Waals surface area contributed by atoms with Gasteiger partial charge in [0.25, 0.3) is 0 Å². The van der Waals surface area contributed by atoms with E-state index in [0.717, 1.165) is 55.7 Å². The van der Waals surface area contributed by atoms with E-state index in [9.17, 15) is 4.79 Å². The van der Waals surface area contributed by atoms with E-state index in [4.69, 9.17) is 9.40 Å². The number of furan rings is 1. The first kappa shape index (κ1) is 20.9. The molecule has 5 heterocycles. The van der Waals surface area contributed by atoms with Crippen LogP contribution in [0.25, 0.3) is 55.7 Å². The highest BCUT2D eigenvalue weighted by molar-refractivity contribution is 6.00. The van der Waals surface area contributed by atoms with Crippen molar-refractivity contribution in [3.05, 3.63) is 73.5 Å². The Labute approximate surface area is 200 Å². The lowest BCUT2D eigenvalue weighted by Crippen LogP contribution is -2.17. The van der Waals surface area contributed by atoms with Crippen molar-refractivity contribution in [2.45, 2.75) is 13.8 Å². The molecule has 0 unspecified atom stereocenters. The molecule has 0 saturated carbocycles. The van der Waals surface area contributed by atoms with Crippen molar-refractivity contribution in [1.29, 1.82) is 0 Å². The molecule has 6 rings (SSSR count). The third-order valence-electron chi connectivity index (χ3n) is 5.99. The molecule has 0 bridgehead atoms. The Morgan fingerprint density at radius 1 is 1.03 bits per heavy atom. The molecule has 0 atom stereocenters. The maximum Gasteiger partial charge on any atom is 0.226 e. The third-order valence-corrected chi connectivity index (χ3v) is 5.99. The minimum atomic E-state index is -0.119. The maximum atomic E-state index is 12.1. The molecule has 0 fully saturated rings. The molecule has 6 aromatic rings. The van der Waals surface area contributed by atoms with Gasteiger partial charge in [-0.3, -0.25) is 14.9 Å². The lowest BCUT2D eigenvalue weighted by Gasteiger charge is -2.08. The summed E-state index contributed by atoms with van der Waals surface area (Å²) in [5.74, 6) is -0.176. The number of aromatic nitrogens is 5. The number of carbonyl (C=O) groups is 1. The van der Waals surface area contributed by atoms with Crippen LogP contribution in [-0.4, -0.2) is 31.1 Å². The molecule has 0 aliphatic rings. The molecule has 0 saturated heterocycles. The van der Waals surface area contributed by atoms with Crippen LogP contribution >= 0.6 is 0 Å². The third kappa shape index (κ3) is 3.74. The fourth-order valence-electron chi connectivity index (χ4n) is 4.13. The Balaban J connectivity index is 1.41. The van der Waals surface area contributed by atoms with E-state index in [1.807, 2.05) is 50.2 Å². The molecule has 8 nitrogen and oxygen atoms in total. The van der Waals surface area contributed by atoms with Gasteiger partial charge in [-0.15, -0.1) is 0 Å². The SMILES string of the molecule is CC(C)C(=O)Nc1cncc(-c2ccc3[nH]nc(-c4cc5c(-c6ccoc6)cccc5[nH]4)c3n2)c1. The summed E-state index contributed by atoms with van der Waals surface area (Å²) in [7, 11) is 0. The summed E-state index contributed by atoms with van der Waals surface area (Å²) >= 11 is 0. The van der Waals surface area contributed by atoms with Gasteiger partial charge in [0.15, 0.2) is 0 Å². The summed E-state index contributed by atoms with van der Waals surface area (Å²) in [6.45, 7) is 3.70. The van der Waals surface area contributed by atoms with Gasteiger partial charge in [0.1, 0.15) is 11.2 Å². The van der Waals surface area contributed by atoms with Gasteiger partial charge in [0.05, 0.1) is 41.3 Å². The van der Waals surface area contributed by atoms with Crippen LogP contribution in [0.15, 0.2) is 77.9 Å². The van der Waals surface area contributed by atoms with Crippen LogP contribution < -0.4 is 5.32 Å². The smallest absolute Gasteiger partial charge is 0.226 e. The van der Waals surface area contributed by atoms with Gasteiger partial charge in [-0.05, 0) is 42.0 Å². The normalized spacial score (nSPS) is 11.5. The van der Waals surface area contributed by atoms with Crippen molar-refractivity contribution in [3.63, 3.8) is 0 Å². The molecule has 8 heteroatoms. The van der Waals surface area contributed by atoms with Crippen LogP contribution in [0.3, 0.4) is 0 Å². The summed E-state index contributed by atoms with van der Waals surface area (Å²) in [4.78, 5) is 24.8. The van der Waals surface area contributed by atoms with E-state index < -0.39 is 0 Å². The Bertz CT molecular complexity index is 1680. The van der Waals surface area contributed by atoms with Gasteiger partial charge in [-0.1, -0.05) is 26.0 Å². The highest BCUT2D eigenvalue weighted by Gasteiger charge is 2.16. The molecule has 0 spiro atoms. The number of amides is 1. The summed E-state index contributed by atoms with van der Waals surface area (Å²) in [6.07, 6.45) is 6.78. The van der Waals surface area contributed by atoms with E-state index in [1.165, 1.54) is 0 Å². The molecule has 0 radical (unpaired) electrons. The fraction of sp³-hybridized carbons (Fsp3) is 0.111. The molecule has 172 valence electrons. The predicted octanol–water partition coefficient (Wildman–Crippen LogP) is 6.02. The van der Waals surface area contributed by atoms with Crippen molar-refractivity contribution in [2.24, 2.45) is 5.92 Å². The van der Waals surface area contributed by atoms with Gasteiger partial charge >= 0.3 is 0 Å². The van der Waals surface area contributed by atoms with Crippen molar-refractivity contribution < 1.29 is 9.21 Å². The molecular weight excluding hydrogens is 440 g/mol. The number of pyridine rings is 2. The minimum absolute atomic E-state index is 0.0573. The first-order valence-electron chi connectivity index (χ1n) is 11.3. The number of benzene rings is 1. The number of fused-ring (bicyclic) bond motifs is 2. The molecule has 1 amide bonds. The monoisotopic (exact) mass is 462 g/mol. The van der Waals surface area contributed by atoms with Crippen molar-refractivity contribution in [1.82, 2.24) is 25.1 Å². The van der Waals surface area contributed by atoms with E-state index in [2.05, 4.69) is 37.6 Å². The highest BCUT2D eigenvalue weighted by atomic mass is 16.3. The second-order valence-corrected chi connectivity index (χ2v) is 8.73. The van der Waals surface area contributed by atoms with Crippen LogP contribution in [-0.2, 0) is 4.79 Å². The number of H-pyrrole nitrogens is 2. The molecule has 35 heavy (non-hydrogen) atoms. The number of anilines is 1. The second kappa shape index (κ2) is 8.25. The topological polar surface area (TPSA) is 112 Å². The van der Waals surface area contributed by atoms with Gasteiger partial charge in [0.2, 0.25) is 5.91 Å². The number of rotatable bonds is 5. The standard InChI is InChI=1S/C27H22N6O2/c1-15(2)27(34)29-18-10-17(12-28-13-18)21-6-7-23-25(31-21)26(33-32-23)24-11-20-19(16-8-9-35-14-16)4-3-5-22(20)30-24/h3-15,30H,1-2H3,(H,29,34)(H,32,33). The quantitative estimate of drug-likeness (QED) is 0.290.